The molecular formula is C50H31N5O. The minimum absolute atomic E-state index is 0.624. The molecule has 0 unspecified atom stereocenters. The van der Waals surface area contributed by atoms with Crippen LogP contribution in [0.25, 0.3) is 106 Å². The van der Waals surface area contributed by atoms with Gasteiger partial charge in [0.05, 0.1) is 22.1 Å². The summed E-state index contributed by atoms with van der Waals surface area (Å²) in [7, 11) is 0. The quantitative estimate of drug-likeness (QED) is 0.171. The molecule has 0 saturated heterocycles. The number of hydrogen-bond donors (Lipinski definition) is 0. The van der Waals surface area contributed by atoms with Crippen molar-refractivity contribution in [1.29, 1.82) is 0 Å². The summed E-state index contributed by atoms with van der Waals surface area (Å²) in [6.07, 6.45) is 0. The van der Waals surface area contributed by atoms with Gasteiger partial charge in [-0.25, -0.2) is 19.9 Å². The Bertz CT molecular complexity index is 3150. The van der Waals surface area contributed by atoms with Crippen molar-refractivity contribution in [1.82, 2.24) is 24.5 Å². The molecule has 56 heavy (non-hydrogen) atoms. The van der Waals surface area contributed by atoms with Crippen molar-refractivity contribution in [3.8, 4) is 62.2 Å². The lowest BCUT2D eigenvalue weighted by Crippen LogP contribution is -2.00. The third-order valence-electron chi connectivity index (χ3n) is 10.4. The van der Waals surface area contributed by atoms with Crippen LogP contribution >= 0.6 is 0 Å². The molecule has 4 heterocycles. The molecule has 6 nitrogen and oxygen atoms in total. The van der Waals surface area contributed by atoms with Crippen LogP contribution in [0.15, 0.2) is 192 Å². The Morgan fingerprint density at radius 1 is 0.375 bits per heavy atom. The average Bonchev–Trinajstić information content (AvgIpc) is 3.82. The van der Waals surface area contributed by atoms with Crippen molar-refractivity contribution < 1.29 is 4.42 Å². The van der Waals surface area contributed by atoms with E-state index in [2.05, 4.69) is 108 Å². The SMILES string of the molecule is c1ccc(-c2nc(-c3ccccc3)nc(-c3ccc(-c4ccc5c(c4)c4oc6c7ccccc7nc(-c7ccccc7)c6c4n5-c4ccccc4)cc3)n2)cc1. The number of rotatable bonds is 6. The van der Waals surface area contributed by atoms with E-state index in [1.807, 2.05) is 84.9 Å². The number of para-hydroxylation sites is 2. The van der Waals surface area contributed by atoms with E-state index in [1.54, 1.807) is 0 Å². The van der Waals surface area contributed by atoms with Gasteiger partial charge in [-0.05, 0) is 47.5 Å². The second-order valence-corrected chi connectivity index (χ2v) is 13.8. The minimum Gasteiger partial charge on any atom is -0.453 e. The van der Waals surface area contributed by atoms with Gasteiger partial charge in [0.15, 0.2) is 23.1 Å². The van der Waals surface area contributed by atoms with Crippen molar-refractivity contribution in [2.45, 2.75) is 0 Å². The molecule has 0 atom stereocenters. The first-order chi connectivity index (χ1) is 27.8. The van der Waals surface area contributed by atoms with Gasteiger partial charge >= 0.3 is 0 Å². The van der Waals surface area contributed by atoms with Gasteiger partial charge in [-0.1, -0.05) is 152 Å². The Morgan fingerprint density at radius 2 is 0.875 bits per heavy atom. The van der Waals surface area contributed by atoms with Gasteiger partial charge in [-0.2, -0.15) is 0 Å². The molecule has 0 spiro atoms. The van der Waals surface area contributed by atoms with Gasteiger partial charge < -0.3 is 8.98 Å². The molecule has 262 valence electrons. The first kappa shape index (κ1) is 31.8. The summed E-state index contributed by atoms with van der Waals surface area (Å²) in [5.41, 5.74) is 12.6. The number of benzene rings is 7. The second kappa shape index (κ2) is 13.0. The van der Waals surface area contributed by atoms with Gasteiger partial charge in [0.2, 0.25) is 0 Å². The molecule has 11 aromatic rings. The van der Waals surface area contributed by atoms with Crippen LogP contribution in [0.2, 0.25) is 0 Å². The van der Waals surface area contributed by atoms with E-state index in [1.165, 1.54) is 0 Å². The summed E-state index contributed by atoms with van der Waals surface area (Å²) in [4.78, 5) is 20.0. The number of hydrogen-bond acceptors (Lipinski definition) is 5. The fraction of sp³-hybridized carbons (Fsp3) is 0. The number of fused-ring (bicyclic) bond motifs is 7. The summed E-state index contributed by atoms with van der Waals surface area (Å²) < 4.78 is 9.34. The van der Waals surface area contributed by atoms with E-state index in [4.69, 9.17) is 24.4 Å². The smallest absolute Gasteiger partial charge is 0.164 e. The van der Waals surface area contributed by atoms with Crippen LogP contribution < -0.4 is 0 Å². The molecule has 0 N–H and O–H groups in total. The maximum Gasteiger partial charge on any atom is 0.164 e. The molecule has 0 radical (unpaired) electrons. The summed E-state index contributed by atoms with van der Waals surface area (Å²) >= 11 is 0. The van der Waals surface area contributed by atoms with Crippen LogP contribution in [-0.2, 0) is 0 Å². The van der Waals surface area contributed by atoms with E-state index < -0.39 is 0 Å². The zero-order valence-corrected chi connectivity index (χ0v) is 30.0. The van der Waals surface area contributed by atoms with Crippen molar-refractivity contribution in [3.05, 3.63) is 188 Å². The molecule has 7 aromatic carbocycles. The second-order valence-electron chi connectivity index (χ2n) is 13.8. The number of furan rings is 1. The number of nitrogens with zero attached hydrogens (tertiary/aromatic N) is 5. The van der Waals surface area contributed by atoms with Crippen LogP contribution in [0.3, 0.4) is 0 Å². The van der Waals surface area contributed by atoms with E-state index in [0.29, 0.717) is 17.5 Å². The molecular weight excluding hydrogens is 687 g/mol. The molecule has 0 aliphatic heterocycles. The van der Waals surface area contributed by atoms with Crippen LogP contribution in [0, 0.1) is 0 Å². The summed E-state index contributed by atoms with van der Waals surface area (Å²) in [6, 6.07) is 64.3. The van der Waals surface area contributed by atoms with Crippen molar-refractivity contribution in [2.75, 3.05) is 0 Å². The number of pyridine rings is 1. The van der Waals surface area contributed by atoms with Crippen LogP contribution in [0.5, 0.6) is 0 Å². The topological polar surface area (TPSA) is 69.6 Å². The predicted octanol–water partition coefficient (Wildman–Crippen LogP) is 12.6. The Kier molecular flexibility index (Phi) is 7.38. The normalized spacial score (nSPS) is 11.6. The molecule has 0 fully saturated rings. The Morgan fingerprint density at radius 3 is 1.50 bits per heavy atom. The third kappa shape index (κ3) is 5.27. The lowest BCUT2D eigenvalue weighted by molar-refractivity contribution is 0.676. The van der Waals surface area contributed by atoms with Crippen molar-refractivity contribution in [2.24, 2.45) is 0 Å². The third-order valence-corrected chi connectivity index (χ3v) is 10.4. The predicted molar refractivity (Wildman–Crippen MR) is 226 cm³/mol. The Balaban J connectivity index is 1.09. The summed E-state index contributed by atoms with van der Waals surface area (Å²) in [5.74, 6) is 1.90. The van der Waals surface area contributed by atoms with Gasteiger partial charge in [-0.3, -0.25) is 0 Å². The molecule has 0 saturated carbocycles. The van der Waals surface area contributed by atoms with E-state index in [-0.39, 0.29) is 0 Å². The van der Waals surface area contributed by atoms with E-state index in [0.717, 1.165) is 88.6 Å². The first-order valence-electron chi connectivity index (χ1n) is 18.6. The maximum atomic E-state index is 7.02. The Labute approximate surface area is 322 Å². The van der Waals surface area contributed by atoms with Gasteiger partial charge in [-0.15, -0.1) is 0 Å². The van der Waals surface area contributed by atoms with Crippen molar-refractivity contribution >= 4 is 43.9 Å². The van der Waals surface area contributed by atoms with E-state index in [9.17, 15) is 0 Å². The van der Waals surface area contributed by atoms with Gasteiger partial charge in [0.1, 0.15) is 11.1 Å². The number of aromatic nitrogens is 5. The van der Waals surface area contributed by atoms with Crippen LogP contribution in [0.4, 0.5) is 0 Å². The molecule has 0 aliphatic carbocycles. The molecule has 4 aromatic heterocycles. The van der Waals surface area contributed by atoms with Crippen LogP contribution in [-0.4, -0.2) is 24.5 Å². The first-order valence-corrected chi connectivity index (χ1v) is 18.6. The molecule has 0 amide bonds. The van der Waals surface area contributed by atoms with Gasteiger partial charge in [0.25, 0.3) is 0 Å². The van der Waals surface area contributed by atoms with Crippen LogP contribution in [0.1, 0.15) is 0 Å². The lowest BCUT2D eigenvalue weighted by atomic mass is 10.0. The maximum absolute atomic E-state index is 7.02. The molecule has 0 bridgehead atoms. The molecule has 6 heteroatoms. The standard InChI is InChI=1S/C50H31N5O/c1-5-15-33(16-6-1)44-43-45-47(56-46(43)39-23-13-14-24-41(39)51-44)40-31-37(29-30-42(40)55(45)38-21-11-4-12-22-38)32-25-27-36(28-26-32)50-53-48(34-17-7-2-8-18-34)52-49(54-50)35-19-9-3-10-20-35/h1-31H. The molecule has 0 aliphatic rings. The highest BCUT2D eigenvalue weighted by molar-refractivity contribution is 6.24. The monoisotopic (exact) mass is 717 g/mol. The van der Waals surface area contributed by atoms with Gasteiger partial charge in [0, 0.05) is 38.7 Å². The lowest BCUT2D eigenvalue weighted by Gasteiger charge is -2.11. The summed E-state index contributed by atoms with van der Waals surface area (Å²) in [6.45, 7) is 0. The largest absolute Gasteiger partial charge is 0.453 e. The average molecular weight is 718 g/mol. The highest BCUT2D eigenvalue weighted by Crippen LogP contribution is 2.45. The fourth-order valence-electron chi connectivity index (χ4n) is 7.78. The fourth-order valence-corrected chi connectivity index (χ4v) is 7.78. The molecule has 11 rings (SSSR count). The zero-order valence-electron chi connectivity index (χ0n) is 30.0. The van der Waals surface area contributed by atoms with Crippen molar-refractivity contribution in [3.63, 3.8) is 0 Å². The summed E-state index contributed by atoms with van der Waals surface area (Å²) in [5, 5.41) is 3.02. The zero-order chi connectivity index (χ0) is 37.0. The highest BCUT2D eigenvalue weighted by atomic mass is 16.3. The van der Waals surface area contributed by atoms with E-state index >= 15 is 0 Å². The minimum atomic E-state index is 0.624. The highest BCUT2D eigenvalue weighted by Gasteiger charge is 2.25. The Hall–Kier alpha value is -7.70.